The third-order valence-electron chi connectivity index (χ3n) is 4.66. The Kier molecular flexibility index (Phi) is 5.11. The molecule has 2 aliphatic rings. The Balaban J connectivity index is 1.43. The number of benzene rings is 1. The lowest BCUT2D eigenvalue weighted by molar-refractivity contribution is -0.132. The highest BCUT2D eigenvalue weighted by Gasteiger charge is 2.28. The summed E-state index contributed by atoms with van der Waals surface area (Å²) >= 11 is 0. The van der Waals surface area contributed by atoms with Crippen molar-refractivity contribution < 1.29 is 9.59 Å². The Hall–Kier alpha value is -2.10. The minimum absolute atomic E-state index is 0.0330. The summed E-state index contributed by atoms with van der Waals surface area (Å²) in [5, 5.41) is 3.05. The smallest absolute Gasteiger partial charge is 0.246 e. The van der Waals surface area contributed by atoms with Crippen LogP contribution in [0.1, 0.15) is 31.2 Å². The molecule has 1 N–H and O–H groups in total. The van der Waals surface area contributed by atoms with Gasteiger partial charge in [0.15, 0.2) is 0 Å². The zero-order valence-corrected chi connectivity index (χ0v) is 13.4. The molecule has 1 saturated heterocycles. The second-order valence-electron chi connectivity index (χ2n) is 6.53. The van der Waals surface area contributed by atoms with E-state index < -0.39 is 0 Å². The van der Waals surface area contributed by atoms with Gasteiger partial charge in [-0.1, -0.05) is 30.3 Å². The van der Waals surface area contributed by atoms with E-state index in [1.165, 1.54) is 12.8 Å². The first kappa shape index (κ1) is 15.8. The lowest BCUT2D eigenvalue weighted by atomic mass is 9.95. The summed E-state index contributed by atoms with van der Waals surface area (Å²) in [7, 11) is 0. The van der Waals surface area contributed by atoms with E-state index in [-0.39, 0.29) is 17.7 Å². The van der Waals surface area contributed by atoms with Gasteiger partial charge in [0.05, 0.1) is 0 Å². The van der Waals surface area contributed by atoms with Crippen molar-refractivity contribution in [1.82, 2.24) is 10.2 Å². The Morgan fingerprint density at radius 3 is 2.43 bits per heavy atom. The Labute approximate surface area is 137 Å². The fourth-order valence-corrected chi connectivity index (χ4v) is 2.91. The predicted molar refractivity (Wildman–Crippen MR) is 90.5 cm³/mol. The molecule has 1 aromatic rings. The number of hydrogen-bond donors (Lipinski definition) is 1. The fourth-order valence-electron chi connectivity index (χ4n) is 2.91. The first-order valence-corrected chi connectivity index (χ1v) is 8.52. The van der Waals surface area contributed by atoms with Gasteiger partial charge in [-0.2, -0.15) is 0 Å². The van der Waals surface area contributed by atoms with Crippen LogP contribution in [0.3, 0.4) is 0 Å². The average Bonchev–Trinajstić information content (AvgIpc) is 3.43. The van der Waals surface area contributed by atoms with Crippen LogP contribution in [0.2, 0.25) is 0 Å². The molecule has 1 saturated carbocycles. The van der Waals surface area contributed by atoms with Gasteiger partial charge in [-0.3, -0.25) is 9.59 Å². The molecule has 1 aromatic carbocycles. The van der Waals surface area contributed by atoms with E-state index in [4.69, 9.17) is 0 Å². The maximum atomic E-state index is 12.2. The van der Waals surface area contributed by atoms with Crippen LogP contribution in [-0.2, 0) is 9.59 Å². The molecule has 0 unspecified atom stereocenters. The van der Waals surface area contributed by atoms with E-state index in [1.807, 2.05) is 41.3 Å². The van der Waals surface area contributed by atoms with Crippen molar-refractivity contribution in [1.29, 1.82) is 0 Å². The van der Waals surface area contributed by atoms with Crippen LogP contribution in [-0.4, -0.2) is 36.3 Å². The van der Waals surface area contributed by atoms with Gasteiger partial charge < -0.3 is 10.2 Å². The molecular weight excluding hydrogens is 288 g/mol. The topological polar surface area (TPSA) is 49.4 Å². The molecule has 3 rings (SSSR count). The van der Waals surface area contributed by atoms with Crippen molar-refractivity contribution in [3.8, 4) is 0 Å². The summed E-state index contributed by atoms with van der Waals surface area (Å²) in [4.78, 5) is 26.1. The van der Waals surface area contributed by atoms with Crippen LogP contribution in [0, 0.1) is 11.8 Å². The van der Waals surface area contributed by atoms with E-state index in [0.717, 1.165) is 24.9 Å². The molecule has 0 spiro atoms. The second kappa shape index (κ2) is 7.44. The molecule has 4 nitrogen and oxygen atoms in total. The lowest BCUT2D eigenvalue weighted by Gasteiger charge is -2.30. The van der Waals surface area contributed by atoms with Crippen molar-refractivity contribution in [2.45, 2.75) is 25.7 Å². The fraction of sp³-hybridized carbons (Fsp3) is 0.474. The van der Waals surface area contributed by atoms with Gasteiger partial charge >= 0.3 is 0 Å². The van der Waals surface area contributed by atoms with Crippen LogP contribution in [0.5, 0.6) is 0 Å². The van der Waals surface area contributed by atoms with Crippen LogP contribution in [0.25, 0.3) is 6.08 Å². The van der Waals surface area contributed by atoms with Crippen LogP contribution in [0.4, 0.5) is 0 Å². The predicted octanol–water partition coefficient (Wildman–Crippen LogP) is 2.46. The third-order valence-corrected chi connectivity index (χ3v) is 4.66. The van der Waals surface area contributed by atoms with Crippen molar-refractivity contribution in [2.24, 2.45) is 11.8 Å². The second-order valence-corrected chi connectivity index (χ2v) is 6.53. The standard InChI is InChI=1S/C19H24N2O2/c22-18(9-8-15-4-2-1-3-5-15)21-12-10-17(11-13-21)19(23)20-14-16-6-7-16/h1-5,8-9,16-17H,6-7,10-14H2,(H,20,23)/b9-8-. The number of piperidine rings is 1. The minimum Gasteiger partial charge on any atom is -0.356 e. The molecule has 23 heavy (non-hydrogen) atoms. The molecule has 1 aliphatic heterocycles. The summed E-state index contributed by atoms with van der Waals surface area (Å²) in [5.74, 6) is 0.981. The monoisotopic (exact) mass is 312 g/mol. The molecule has 1 aliphatic carbocycles. The highest BCUT2D eigenvalue weighted by atomic mass is 16.2. The van der Waals surface area contributed by atoms with Crippen molar-refractivity contribution in [2.75, 3.05) is 19.6 Å². The number of carbonyl (C=O) groups excluding carboxylic acids is 2. The lowest BCUT2D eigenvalue weighted by Crippen LogP contribution is -2.42. The SMILES string of the molecule is O=C(NCC1CC1)C1CCN(C(=O)/C=C\c2ccccc2)CC1. The molecule has 2 fully saturated rings. The number of hydrogen-bond acceptors (Lipinski definition) is 2. The van der Waals surface area contributed by atoms with Crippen molar-refractivity contribution >= 4 is 17.9 Å². The summed E-state index contributed by atoms with van der Waals surface area (Å²) in [6, 6.07) is 9.81. The van der Waals surface area contributed by atoms with Crippen molar-refractivity contribution in [3.05, 3.63) is 42.0 Å². The number of carbonyl (C=O) groups is 2. The van der Waals surface area contributed by atoms with E-state index in [0.29, 0.717) is 19.0 Å². The zero-order chi connectivity index (χ0) is 16.1. The van der Waals surface area contributed by atoms with Gasteiger partial charge in [-0.05, 0) is 43.2 Å². The number of likely N-dealkylation sites (tertiary alicyclic amines) is 1. The third kappa shape index (κ3) is 4.68. The Morgan fingerprint density at radius 2 is 1.78 bits per heavy atom. The van der Waals surface area contributed by atoms with E-state index in [2.05, 4.69) is 5.32 Å². The Morgan fingerprint density at radius 1 is 1.09 bits per heavy atom. The maximum absolute atomic E-state index is 12.2. The number of nitrogens with zero attached hydrogens (tertiary/aromatic N) is 1. The highest BCUT2D eigenvalue weighted by molar-refractivity contribution is 5.92. The van der Waals surface area contributed by atoms with Gasteiger partial charge in [0.2, 0.25) is 11.8 Å². The molecule has 2 amide bonds. The van der Waals surface area contributed by atoms with Gasteiger partial charge in [0, 0.05) is 31.6 Å². The molecule has 0 aromatic heterocycles. The summed E-state index contributed by atoms with van der Waals surface area (Å²) in [6.45, 7) is 2.16. The normalized spacial score (nSPS) is 19.0. The van der Waals surface area contributed by atoms with Gasteiger partial charge in [0.1, 0.15) is 0 Å². The van der Waals surface area contributed by atoms with Gasteiger partial charge in [-0.15, -0.1) is 0 Å². The minimum atomic E-state index is 0.0330. The molecule has 0 bridgehead atoms. The molecule has 122 valence electrons. The van der Waals surface area contributed by atoms with Gasteiger partial charge in [-0.25, -0.2) is 0 Å². The van der Waals surface area contributed by atoms with Gasteiger partial charge in [0.25, 0.3) is 0 Å². The number of amides is 2. The molecule has 0 atom stereocenters. The first-order valence-electron chi connectivity index (χ1n) is 8.52. The molecular formula is C19H24N2O2. The van der Waals surface area contributed by atoms with E-state index in [1.54, 1.807) is 6.08 Å². The quantitative estimate of drug-likeness (QED) is 0.849. The largest absolute Gasteiger partial charge is 0.356 e. The molecule has 0 radical (unpaired) electrons. The van der Waals surface area contributed by atoms with E-state index in [9.17, 15) is 9.59 Å². The average molecular weight is 312 g/mol. The molecule has 1 heterocycles. The summed E-state index contributed by atoms with van der Waals surface area (Å²) in [6.07, 6.45) is 7.50. The number of nitrogens with one attached hydrogen (secondary N) is 1. The Bertz CT molecular complexity index is 570. The van der Waals surface area contributed by atoms with Crippen LogP contribution >= 0.6 is 0 Å². The first-order chi connectivity index (χ1) is 11.2. The summed E-state index contributed by atoms with van der Waals surface area (Å²) < 4.78 is 0. The van der Waals surface area contributed by atoms with Crippen molar-refractivity contribution in [3.63, 3.8) is 0 Å². The molecule has 4 heteroatoms. The maximum Gasteiger partial charge on any atom is 0.246 e. The van der Waals surface area contributed by atoms with Crippen LogP contribution in [0.15, 0.2) is 36.4 Å². The number of rotatable bonds is 5. The summed E-state index contributed by atoms with van der Waals surface area (Å²) in [5.41, 5.74) is 1.02. The van der Waals surface area contributed by atoms with Crippen LogP contribution < -0.4 is 5.32 Å². The highest BCUT2D eigenvalue weighted by Crippen LogP contribution is 2.28. The van der Waals surface area contributed by atoms with E-state index >= 15 is 0 Å². The zero-order valence-electron chi connectivity index (χ0n) is 13.4.